The number of carbonyl (C=O) groups is 3. The van der Waals surface area contributed by atoms with E-state index in [1.54, 1.807) is 36.4 Å². The van der Waals surface area contributed by atoms with Crippen molar-refractivity contribution >= 4 is 52.4 Å². The maximum atomic E-state index is 12.6. The highest BCUT2D eigenvalue weighted by molar-refractivity contribution is 6.36. The van der Waals surface area contributed by atoms with E-state index >= 15 is 0 Å². The molecule has 4 rings (SSSR count). The zero-order chi connectivity index (χ0) is 27.4. The van der Waals surface area contributed by atoms with Crippen molar-refractivity contribution in [3.63, 3.8) is 0 Å². The molecule has 3 aromatic carbocycles. The second-order valence-corrected chi connectivity index (χ2v) is 10.3. The van der Waals surface area contributed by atoms with Crippen LogP contribution in [-0.4, -0.2) is 30.9 Å². The molecule has 0 aromatic heterocycles. The van der Waals surface area contributed by atoms with Crippen LogP contribution in [0.3, 0.4) is 0 Å². The Morgan fingerprint density at radius 1 is 1.05 bits per heavy atom. The fourth-order valence-corrected chi connectivity index (χ4v) is 4.63. The number of rotatable bonds is 8. The smallest absolute Gasteiger partial charge is 0.311 e. The lowest BCUT2D eigenvalue weighted by atomic mass is 10.0. The van der Waals surface area contributed by atoms with Crippen LogP contribution in [0.25, 0.3) is 0 Å². The number of ether oxygens (including phenoxy) is 2. The number of benzene rings is 3. The molecule has 0 radical (unpaired) electrons. The van der Waals surface area contributed by atoms with Crippen LogP contribution >= 0.6 is 23.2 Å². The first-order chi connectivity index (χ1) is 18.1. The SMILES string of the molecule is Cc1ccc(C(C)C)c(Oc2ccc(N3C[C@H](C(=O)OCC(=O)Nc4ccc(Cl)cc4Cl)CC3=O)cc2)c1. The van der Waals surface area contributed by atoms with Gasteiger partial charge in [-0.1, -0.05) is 49.2 Å². The molecule has 1 saturated heterocycles. The van der Waals surface area contributed by atoms with E-state index in [1.807, 2.05) is 13.0 Å². The Balaban J connectivity index is 1.33. The fraction of sp³-hybridized carbons (Fsp3) is 0.276. The average molecular weight is 555 g/mol. The van der Waals surface area contributed by atoms with Crippen molar-refractivity contribution in [3.8, 4) is 11.5 Å². The topological polar surface area (TPSA) is 84.9 Å². The van der Waals surface area contributed by atoms with Crippen LogP contribution in [0.1, 0.15) is 37.3 Å². The van der Waals surface area contributed by atoms with E-state index in [9.17, 15) is 14.4 Å². The van der Waals surface area contributed by atoms with Gasteiger partial charge in [-0.3, -0.25) is 14.4 Å². The quantitative estimate of drug-likeness (QED) is 0.311. The van der Waals surface area contributed by atoms with Gasteiger partial charge in [0.2, 0.25) is 5.91 Å². The Morgan fingerprint density at radius 3 is 2.47 bits per heavy atom. The number of nitrogens with one attached hydrogen (secondary N) is 1. The largest absolute Gasteiger partial charge is 0.457 e. The second-order valence-electron chi connectivity index (χ2n) is 9.48. The summed E-state index contributed by atoms with van der Waals surface area (Å²) >= 11 is 11.9. The third-order valence-electron chi connectivity index (χ3n) is 6.18. The predicted octanol–water partition coefficient (Wildman–Crippen LogP) is 6.75. The minimum Gasteiger partial charge on any atom is -0.457 e. The van der Waals surface area contributed by atoms with E-state index in [-0.39, 0.29) is 23.9 Å². The number of hydrogen-bond acceptors (Lipinski definition) is 5. The van der Waals surface area contributed by atoms with Crippen LogP contribution in [0, 0.1) is 12.8 Å². The van der Waals surface area contributed by atoms with Crippen LogP contribution in [0.5, 0.6) is 11.5 Å². The number of carbonyl (C=O) groups excluding carboxylic acids is 3. The highest BCUT2D eigenvalue weighted by Crippen LogP contribution is 2.33. The molecule has 0 saturated carbocycles. The van der Waals surface area contributed by atoms with Crippen molar-refractivity contribution in [2.24, 2.45) is 5.92 Å². The van der Waals surface area contributed by atoms with Gasteiger partial charge in [-0.05, 0) is 72.5 Å². The molecule has 1 N–H and O–H groups in total. The Hall–Kier alpha value is -3.55. The summed E-state index contributed by atoms with van der Waals surface area (Å²) < 4.78 is 11.3. The van der Waals surface area contributed by atoms with Gasteiger partial charge in [-0.15, -0.1) is 0 Å². The van der Waals surface area contributed by atoms with Crippen molar-refractivity contribution in [2.45, 2.75) is 33.1 Å². The summed E-state index contributed by atoms with van der Waals surface area (Å²) in [4.78, 5) is 38.9. The van der Waals surface area contributed by atoms with Gasteiger partial charge >= 0.3 is 5.97 Å². The summed E-state index contributed by atoms with van der Waals surface area (Å²) in [6.07, 6.45) is 0.00274. The van der Waals surface area contributed by atoms with Gasteiger partial charge in [0.15, 0.2) is 6.61 Å². The van der Waals surface area contributed by atoms with E-state index in [2.05, 4.69) is 31.3 Å². The third kappa shape index (κ3) is 6.65. The Kier molecular flexibility index (Phi) is 8.59. The van der Waals surface area contributed by atoms with Gasteiger partial charge in [-0.25, -0.2) is 0 Å². The summed E-state index contributed by atoms with van der Waals surface area (Å²) in [7, 11) is 0. The molecule has 198 valence electrons. The number of anilines is 2. The Morgan fingerprint density at radius 2 is 1.79 bits per heavy atom. The lowest BCUT2D eigenvalue weighted by Crippen LogP contribution is -2.28. The monoisotopic (exact) mass is 554 g/mol. The van der Waals surface area contributed by atoms with E-state index in [0.29, 0.717) is 28.1 Å². The molecule has 0 unspecified atom stereocenters. The van der Waals surface area contributed by atoms with Gasteiger partial charge in [0.25, 0.3) is 5.91 Å². The van der Waals surface area contributed by atoms with Gasteiger partial charge in [0, 0.05) is 23.7 Å². The third-order valence-corrected chi connectivity index (χ3v) is 6.72. The molecular weight excluding hydrogens is 527 g/mol. The van der Waals surface area contributed by atoms with Crippen LogP contribution in [-0.2, 0) is 19.1 Å². The van der Waals surface area contributed by atoms with Crippen LogP contribution in [0.15, 0.2) is 60.7 Å². The van der Waals surface area contributed by atoms with Gasteiger partial charge in [-0.2, -0.15) is 0 Å². The van der Waals surface area contributed by atoms with Crippen LogP contribution < -0.4 is 15.0 Å². The zero-order valence-electron chi connectivity index (χ0n) is 21.3. The molecule has 1 aliphatic heterocycles. The van der Waals surface area contributed by atoms with Crippen molar-refractivity contribution < 1.29 is 23.9 Å². The molecule has 1 fully saturated rings. The van der Waals surface area contributed by atoms with Crippen molar-refractivity contribution in [1.82, 2.24) is 0 Å². The van der Waals surface area contributed by atoms with Crippen molar-refractivity contribution in [1.29, 1.82) is 0 Å². The minimum atomic E-state index is -0.675. The molecule has 9 heteroatoms. The van der Waals surface area contributed by atoms with Crippen LogP contribution in [0.4, 0.5) is 11.4 Å². The first-order valence-corrected chi connectivity index (χ1v) is 13.0. The first-order valence-electron chi connectivity index (χ1n) is 12.2. The fourth-order valence-electron chi connectivity index (χ4n) is 4.17. The summed E-state index contributed by atoms with van der Waals surface area (Å²) in [5.74, 6) is -0.270. The number of esters is 1. The number of hydrogen-bond donors (Lipinski definition) is 1. The summed E-state index contributed by atoms with van der Waals surface area (Å²) in [5.41, 5.74) is 3.23. The number of aryl methyl sites for hydroxylation is 1. The summed E-state index contributed by atoms with van der Waals surface area (Å²) in [5, 5.41) is 3.27. The highest BCUT2D eigenvalue weighted by Gasteiger charge is 2.36. The van der Waals surface area contributed by atoms with Crippen molar-refractivity contribution in [3.05, 3.63) is 81.8 Å². The number of amides is 2. The second kappa shape index (κ2) is 11.9. The molecule has 3 aromatic rings. The highest BCUT2D eigenvalue weighted by atomic mass is 35.5. The Bertz CT molecular complexity index is 1360. The predicted molar refractivity (Wildman–Crippen MR) is 148 cm³/mol. The van der Waals surface area contributed by atoms with E-state index in [4.69, 9.17) is 32.7 Å². The maximum Gasteiger partial charge on any atom is 0.311 e. The zero-order valence-corrected chi connectivity index (χ0v) is 22.8. The molecule has 1 aliphatic rings. The van der Waals surface area contributed by atoms with E-state index in [1.165, 1.54) is 11.0 Å². The lowest BCUT2D eigenvalue weighted by molar-refractivity contribution is -0.151. The molecule has 0 spiro atoms. The number of nitrogens with zero attached hydrogens (tertiary/aromatic N) is 1. The van der Waals surface area contributed by atoms with E-state index < -0.39 is 24.4 Å². The molecule has 38 heavy (non-hydrogen) atoms. The average Bonchev–Trinajstić information content (AvgIpc) is 3.26. The number of halogens is 2. The standard InChI is InChI=1S/C29H28Cl2N2O5/c1-17(2)23-10-4-18(3)12-26(23)38-22-8-6-21(7-9-22)33-15-19(13-28(33)35)29(36)37-16-27(34)32-25-11-5-20(30)14-24(25)31/h4-12,14,17,19H,13,15-16H2,1-3H3,(H,32,34)/t19-/m1/s1. The first kappa shape index (κ1) is 27.5. The molecular formula is C29H28Cl2N2O5. The van der Waals surface area contributed by atoms with Gasteiger partial charge in [0.05, 0.1) is 16.6 Å². The minimum absolute atomic E-state index is 0.00274. The van der Waals surface area contributed by atoms with Gasteiger partial charge < -0.3 is 19.7 Å². The summed E-state index contributed by atoms with van der Waals surface area (Å²) in [6.45, 7) is 5.91. The molecule has 7 nitrogen and oxygen atoms in total. The van der Waals surface area contributed by atoms with Crippen LogP contribution in [0.2, 0.25) is 10.0 Å². The van der Waals surface area contributed by atoms with Gasteiger partial charge in [0.1, 0.15) is 11.5 Å². The Labute approximate surface area is 231 Å². The van der Waals surface area contributed by atoms with E-state index in [0.717, 1.165) is 16.9 Å². The molecule has 2 amide bonds. The van der Waals surface area contributed by atoms with Crippen molar-refractivity contribution in [2.75, 3.05) is 23.4 Å². The molecule has 0 aliphatic carbocycles. The summed E-state index contributed by atoms with van der Waals surface area (Å²) in [6, 6.07) is 17.9. The lowest BCUT2D eigenvalue weighted by Gasteiger charge is -2.18. The normalized spacial score (nSPS) is 15.1. The molecule has 1 heterocycles. The maximum absolute atomic E-state index is 12.6. The molecule has 1 atom stereocenters. The molecule has 0 bridgehead atoms.